The van der Waals surface area contributed by atoms with E-state index in [0.29, 0.717) is 11.3 Å². The molecular formula is C27H17N3O5. The van der Waals surface area contributed by atoms with Crippen LogP contribution in [-0.4, -0.2) is 10.9 Å². The number of para-hydroxylation sites is 1. The number of nitrogens with two attached hydrogens (primary N) is 1. The maximum Gasteiger partial charge on any atom is 0.350 e. The van der Waals surface area contributed by atoms with Crippen molar-refractivity contribution in [2.45, 2.75) is 5.92 Å². The van der Waals surface area contributed by atoms with Crippen LogP contribution >= 0.6 is 0 Å². The van der Waals surface area contributed by atoms with Crippen molar-refractivity contribution >= 4 is 22.4 Å². The molecule has 0 aliphatic carbocycles. The molecule has 170 valence electrons. The van der Waals surface area contributed by atoms with Gasteiger partial charge in [0.15, 0.2) is 0 Å². The lowest BCUT2D eigenvalue weighted by Gasteiger charge is -2.27. The summed E-state index contributed by atoms with van der Waals surface area (Å²) in [7, 11) is 0. The number of nitrogens with zero attached hydrogens (tertiary/aromatic N) is 2. The number of rotatable bonds is 4. The number of fused-ring (bicyclic) bond motifs is 2. The molecule has 35 heavy (non-hydrogen) atoms. The summed E-state index contributed by atoms with van der Waals surface area (Å²) in [5, 5.41) is 23.1. The Morgan fingerprint density at radius 2 is 1.74 bits per heavy atom. The number of hydrogen-bond acceptors (Lipinski definition) is 7. The fourth-order valence-electron chi connectivity index (χ4n) is 4.29. The second-order valence-electron chi connectivity index (χ2n) is 7.86. The Morgan fingerprint density at radius 1 is 1.00 bits per heavy atom. The number of ether oxygens (including phenoxy) is 2. The first-order valence-corrected chi connectivity index (χ1v) is 10.6. The number of hydrogen-bond donors (Lipinski definition) is 1. The molecule has 0 saturated carbocycles. The molecule has 8 nitrogen and oxygen atoms in total. The zero-order valence-electron chi connectivity index (χ0n) is 18.2. The standard InChI is InChI=1S/C27H17N3O5/c28-15-22-25(19-10-5-7-16-6-1-2-8-18(16)19)21-13-12-17(14-24(21)35-26(22)29)34-27(31)20-9-3-4-11-23(20)30(32)33/h1-14,25H,29H2. The van der Waals surface area contributed by atoms with Gasteiger partial charge in [-0.1, -0.05) is 60.7 Å². The van der Waals surface area contributed by atoms with Crippen LogP contribution in [0, 0.1) is 21.4 Å². The fraction of sp³-hybridized carbons (Fsp3) is 0.0370. The molecule has 1 atom stereocenters. The van der Waals surface area contributed by atoms with Gasteiger partial charge in [0, 0.05) is 17.7 Å². The van der Waals surface area contributed by atoms with E-state index >= 15 is 0 Å². The monoisotopic (exact) mass is 463 g/mol. The zero-order chi connectivity index (χ0) is 24.5. The summed E-state index contributed by atoms with van der Waals surface area (Å²) >= 11 is 0. The molecule has 0 fully saturated rings. The Labute approximate surface area is 199 Å². The van der Waals surface area contributed by atoms with E-state index in [-0.39, 0.29) is 28.5 Å². The van der Waals surface area contributed by atoms with Gasteiger partial charge in [0.25, 0.3) is 5.69 Å². The summed E-state index contributed by atoms with van der Waals surface area (Å²) < 4.78 is 11.1. The van der Waals surface area contributed by atoms with Crippen molar-refractivity contribution in [3.8, 4) is 17.6 Å². The number of esters is 1. The van der Waals surface area contributed by atoms with Crippen molar-refractivity contribution in [3.05, 3.63) is 123 Å². The van der Waals surface area contributed by atoms with Gasteiger partial charge in [-0.25, -0.2) is 4.79 Å². The second kappa shape index (κ2) is 8.65. The number of nitro benzene ring substituents is 1. The minimum absolute atomic E-state index is 0.0416. The summed E-state index contributed by atoms with van der Waals surface area (Å²) in [4.78, 5) is 23.3. The number of nitriles is 1. The highest BCUT2D eigenvalue weighted by molar-refractivity contribution is 5.95. The molecule has 4 aromatic carbocycles. The van der Waals surface area contributed by atoms with Gasteiger partial charge in [-0.2, -0.15) is 5.26 Å². The first-order valence-electron chi connectivity index (χ1n) is 10.6. The summed E-state index contributed by atoms with van der Waals surface area (Å²) in [6.45, 7) is 0. The highest BCUT2D eigenvalue weighted by Gasteiger charge is 2.32. The molecule has 4 aromatic rings. The quantitative estimate of drug-likeness (QED) is 0.191. The molecule has 0 bridgehead atoms. The highest BCUT2D eigenvalue weighted by Crippen LogP contribution is 2.45. The molecule has 8 heteroatoms. The van der Waals surface area contributed by atoms with Crippen LogP contribution in [0.4, 0.5) is 5.69 Å². The predicted octanol–water partition coefficient (Wildman–Crippen LogP) is 5.19. The average molecular weight is 463 g/mol. The van der Waals surface area contributed by atoms with Crippen LogP contribution < -0.4 is 15.2 Å². The largest absolute Gasteiger partial charge is 0.440 e. The first kappa shape index (κ1) is 21.7. The third kappa shape index (κ3) is 3.81. The molecule has 2 N–H and O–H groups in total. The molecule has 1 aliphatic rings. The van der Waals surface area contributed by atoms with Crippen LogP contribution in [0.25, 0.3) is 10.8 Å². The van der Waals surface area contributed by atoms with Gasteiger partial charge in [-0.15, -0.1) is 0 Å². The minimum atomic E-state index is -0.875. The van der Waals surface area contributed by atoms with E-state index in [0.717, 1.165) is 16.3 Å². The molecule has 0 amide bonds. The number of benzene rings is 4. The predicted molar refractivity (Wildman–Crippen MR) is 128 cm³/mol. The first-order chi connectivity index (χ1) is 17.0. The second-order valence-corrected chi connectivity index (χ2v) is 7.86. The Hall–Kier alpha value is -5.16. The van der Waals surface area contributed by atoms with Gasteiger partial charge < -0.3 is 15.2 Å². The van der Waals surface area contributed by atoms with E-state index in [4.69, 9.17) is 15.2 Å². The summed E-state index contributed by atoms with van der Waals surface area (Å²) in [6.07, 6.45) is 0. The lowest BCUT2D eigenvalue weighted by Crippen LogP contribution is -2.21. The molecule has 0 aromatic heterocycles. The van der Waals surface area contributed by atoms with Crippen LogP contribution in [0.15, 0.2) is 96.4 Å². The topological polar surface area (TPSA) is 128 Å². The highest BCUT2D eigenvalue weighted by atomic mass is 16.6. The van der Waals surface area contributed by atoms with E-state index < -0.39 is 16.8 Å². The van der Waals surface area contributed by atoms with Gasteiger partial charge in [-0.05, 0) is 28.5 Å². The molecule has 5 rings (SSSR count). The van der Waals surface area contributed by atoms with E-state index in [1.54, 1.807) is 12.1 Å². The third-order valence-corrected chi connectivity index (χ3v) is 5.86. The molecular weight excluding hydrogens is 446 g/mol. The smallest absolute Gasteiger partial charge is 0.350 e. The van der Waals surface area contributed by atoms with Crippen molar-refractivity contribution in [2.75, 3.05) is 0 Å². The van der Waals surface area contributed by atoms with Crippen LogP contribution in [0.2, 0.25) is 0 Å². The Balaban J connectivity index is 1.56. The molecule has 1 unspecified atom stereocenters. The third-order valence-electron chi connectivity index (χ3n) is 5.86. The lowest BCUT2D eigenvalue weighted by molar-refractivity contribution is -0.385. The molecule has 1 aliphatic heterocycles. The Kier molecular flexibility index (Phi) is 5.36. The number of carbonyl (C=O) groups is 1. The van der Waals surface area contributed by atoms with E-state index in [1.807, 2.05) is 42.5 Å². The van der Waals surface area contributed by atoms with Gasteiger partial charge >= 0.3 is 5.97 Å². The maximum atomic E-state index is 12.7. The van der Waals surface area contributed by atoms with Crippen LogP contribution in [0.1, 0.15) is 27.4 Å². The SMILES string of the molecule is N#CC1=C(N)Oc2cc(OC(=O)c3ccccc3[N+](=O)[O-])ccc2C1c1cccc2ccccc12. The van der Waals surface area contributed by atoms with Crippen LogP contribution in [-0.2, 0) is 0 Å². The average Bonchev–Trinajstić information content (AvgIpc) is 2.87. The summed E-state index contributed by atoms with van der Waals surface area (Å²) in [6, 6.07) is 26.2. The number of carbonyl (C=O) groups excluding carboxylic acids is 1. The van der Waals surface area contributed by atoms with E-state index in [9.17, 15) is 20.2 Å². The van der Waals surface area contributed by atoms with Crippen molar-refractivity contribution in [3.63, 3.8) is 0 Å². The molecule has 0 saturated heterocycles. The maximum absolute atomic E-state index is 12.7. The van der Waals surface area contributed by atoms with Crippen LogP contribution in [0.3, 0.4) is 0 Å². The summed E-state index contributed by atoms with van der Waals surface area (Å²) in [5.41, 5.74) is 7.44. The Bertz CT molecular complexity index is 1580. The van der Waals surface area contributed by atoms with Crippen molar-refractivity contribution in [1.29, 1.82) is 5.26 Å². The lowest BCUT2D eigenvalue weighted by atomic mass is 9.81. The number of allylic oxidation sites excluding steroid dienone is 1. The van der Waals surface area contributed by atoms with Crippen LogP contribution in [0.5, 0.6) is 11.5 Å². The van der Waals surface area contributed by atoms with Gasteiger partial charge in [0.2, 0.25) is 5.88 Å². The molecule has 0 radical (unpaired) electrons. The molecule has 1 heterocycles. The molecule has 0 spiro atoms. The van der Waals surface area contributed by atoms with Gasteiger partial charge in [-0.3, -0.25) is 10.1 Å². The zero-order valence-corrected chi connectivity index (χ0v) is 18.2. The normalized spacial score (nSPS) is 14.5. The number of nitro groups is 1. The minimum Gasteiger partial charge on any atom is -0.440 e. The van der Waals surface area contributed by atoms with Gasteiger partial charge in [0.1, 0.15) is 28.7 Å². The van der Waals surface area contributed by atoms with E-state index in [1.165, 1.54) is 30.3 Å². The van der Waals surface area contributed by atoms with Gasteiger partial charge in [0.05, 0.1) is 10.8 Å². The van der Waals surface area contributed by atoms with Crippen molar-refractivity contribution in [2.24, 2.45) is 5.73 Å². The van der Waals surface area contributed by atoms with E-state index in [2.05, 4.69) is 6.07 Å². The fourth-order valence-corrected chi connectivity index (χ4v) is 4.29. The Morgan fingerprint density at radius 3 is 2.54 bits per heavy atom. The van der Waals surface area contributed by atoms with Crippen molar-refractivity contribution in [1.82, 2.24) is 0 Å². The van der Waals surface area contributed by atoms with Crippen molar-refractivity contribution < 1.29 is 19.2 Å². The summed E-state index contributed by atoms with van der Waals surface area (Å²) in [5.74, 6) is -0.959.